The highest BCUT2D eigenvalue weighted by Crippen LogP contribution is 2.38. The van der Waals surface area contributed by atoms with E-state index in [4.69, 9.17) is 33.2 Å². The second-order valence-corrected chi connectivity index (χ2v) is 15.5. The van der Waals surface area contributed by atoms with E-state index in [1.807, 2.05) is 24.3 Å². The average molecular weight is 918 g/mol. The van der Waals surface area contributed by atoms with E-state index < -0.39 is 29.8 Å². The van der Waals surface area contributed by atoms with E-state index in [0.29, 0.717) is 43.1 Å². The number of ether oxygens (including phenoxy) is 7. The molecule has 4 aromatic carbocycles. The maximum atomic E-state index is 13.6. The van der Waals surface area contributed by atoms with Gasteiger partial charge in [0.15, 0.2) is 11.5 Å². The molecule has 1 aromatic heterocycles. The molecule has 0 aliphatic carbocycles. The molecular weight excluding hydrogens is 867 g/mol. The van der Waals surface area contributed by atoms with Gasteiger partial charge in [-0.3, -0.25) is 5.43 Å². The number of hydrogen-bond acceptors (Lipinski definition) is 16. The molecule has 0 saturated carbocycles. The Bertz CT molecular complexity index is 2480. The highest BCUT2D eigenvalue weighted by atomic mass is 32.1. The fourth-order valence-corrected chi connectivity index (χ4v) is 6.68. The molecule has 66 heavy (non-hydrogen) atoms. The summed E-state index contributed by atoms with van der Waals surface area (Å²) in [4.78, 5) is 67.1. The van der Waals surface area contributed by atoms with Crippen LogP contribution in [0.1, 0.15) is 84.6 Å². The smallest absolute Gasteiger partial charge is 0.343 e. The highest BCUT2D eigenvalue weighted by Gasteiger charge is 2.24. The molecule has 0 bridgehead atoms. The number of esters is 5. The third-order valence-electron chi connectivity index (χ3n) is 9.33. The van der Waals surface area contributed by atoms with E-state index in [-0.39, 0.29) is 39.5 Å². The van der Waals surface area contributed by atoms with Gasteiger partial charge in [0, 0.05) is 17.7 Å². The number of fused-ring (bicyclic) bond motifs is 1. The Labute approximate surface area is 386 Å². The molecule has 5 aromatic rings. The largest absolute Gasteiger partial charge is 0.494 e. The molecule has 0 unspecified atom stereocenters. The van der Waals surface area contributed by atoms with Crippen LogP contribution in [-0.2, 0) is 23.9 Å². The summed E-state index contributed by atoms with van der Waals surface area (Å²) < 4.78 is 40.0. The number of unbranched alkanes of at least 4 members (excludes halogenated alkanes) is 6. The summed E-state index contributed by atoms with van der Waals surface area (Å²) in [6.45, 7) is 13.5. The first kappa shape index (κ1) is 49.4. The zero-order valence-corrected chi connectivity index (χ0v) is 37.4. The standard InChI is InChI=1S/C50H51N3O12S/c1-5-44(54)61-31-15-9-7-13-29-59-37-23-19-35(20-24-37)48(57)63-41-27-28-42(64-49(58)36-21-25-38(26-22-36)60-30-14-8-10-16-32-62-45(55)6-2)46(65-47(56)34(3)4)39(41)33-51-53-50-52-40-17-11-12-18-43(40)66-50/h5-6,11-12,17-28,33H,1-3,7-10,13-16,29-32H2,4H3,(H,52,53)/b51-33+. The second kappa shape index (κ2) is 26.3. The van der Waals surface area contributed by atoms with Crippen LogP contribution in [-0.4, -0.2) is 67.5 Å². The normalized spacial score (nSPS) is 10.7. The summed E-state index contributed by atoms with van der Waals surface area (Å²) in [5.41, 5.74) is 4.03. The molecule has 0 saturated heterocycles. The lowest BCUT2D eigenvalue weighted by atomic mass is 10.1. The number of hydrazone groups is 1. The van der Waals surface area contributed by atoms with Crippen LogP contribution in [0.3, 0.4) is 0 Å². The Morgan fingerprint density at radius 1 is 0.636 bits per heavy atom. The Morgan fingerprint density at radius 2 is 1.14 bits per heavy atom. The average Bonchev–Trinajstić information content (AvgIpc) is 3.75. The minimum absolute atomic E-state index is 0.0165. The summed E-state index contributed by atoms with van der Waals surface area (Å²) in [7, 11) is 0. The van der Waals surface area contributed by atoms with Crippen molar-refractivity contribution < 1.29 is 57.1 Å². The second-order valence-electron chi connectivity index (χ2n) is 14.4. The van der Waals surface area contributed by atoms with Gasteiger partial charge in [-0.05, 0) is 131 Å². The number of para-hydroxylation sites is 1. The number of nitrogens with zero attached hydrogens (tertiary/aromatic N) is 2. The van der Waals surface area contributed by atoms with Crippen LogP contribution in [0.15, 0.2) is 127 Å². The van der Waals surface area contributed by atoms with Gasteiger partial charge in [0.25, 0.3) is 0 Å². The Balaban J connectivity index is 1.29. The molecule has 5 rings (SSSR count). The maximum absolute atomic E-state index is 13.6. The number of thiazole rings is 1. The minimum Gasteiger partial charge on any atom is -0.494 e. The van der Waals surface area contributed by atoms with Crippen molar-refractivity contribution in [3.05, 3.63) is 139 Å². The van der Waals surface area contributed by atoms with Gasteiger partial charge in [0.1, 0.15) is 17.2 Å². The number of benzene rings is 4. The van der Waals surface area contributed by atoms with Crippen molar-refractivity contribution in [2.75, 3.05) is 31.9 Å². The molecule has 344 valence electrons. The maximum Gasteiger partial charge on any atom is 0.343 e. The summed E-state index contributed by atoms with van der Waals surface area (Å²) in [5.74, 6) is -2.65. The molecule has 16 heteroatoms. The lowest BCUT2D eigenvalue weighted by Crippen LogP contribution is -2.16. The lowest BCUT2D eigenvalue weighted by molar-refractivity contribution is -0.138. The van der Waals surface area contributed by atoms with Crippen LogP contribution in [0.4, 0.5) is 5.13 Å². The van der Waals surface area contributed by atoms with E-state index in [1.165, 1.54) is 48.7 Å². The van der Waals surface area contributed by atoms with Crippen molar-refractivity contribution >= 4 is 62.7 Å². The first-order valence-electron chi connectivity index (χ1n) is 21.2. The third-order valence-corrected chi connectivity index (χ3v) is 10.3. The molecule has 0 atom stereocenters. The zero-order chi connectivity index (χ0) is 47.1. The van der Waals surface area contributed by atoms with Crippen LogP contribution < -0.4 is 29.1 Å². The highest BCUT2D eigenvalue weighted by molar-refractivity contribution is 7.22. The van der Waals surface area contributed by atoms with E-state index in [2.05, 4.69) is 35.2 Å². The molecule has 0 fully saturated rings. The van der Waals surface area contributed by atoms with Crippen molar-refractivity contribution in [3.63, 3.8) is 0 Å². The van der Waals surface area contributed by atoms with Crippen molar-refractivity contribution in [1.82, 2.24) is 4.98 Å². The van der Waals surface area contributed by atoms with Crippen LogP contribution in [0.2, 0.25) is 0 Å². The van der Waals surface area contributed by atoms with Gasteiger partial charge in [0.05, 0.1) is 59.5 Å². The van der Waals surface area contributed by atoms with Gasteiger partial charge < -0.3 is 33.2 Å². The Hall–Kier alpha value is -7.59. The molecule has 0 aliphatic heterocycles. The predicted octanol–water partition coefficient (Wildman–Crippen LogP) is 10.00. The summed E-state index contributed by atoms with van der Waals surface area (Å²) in [5, 5.41) is 4.80. The number of anilines is 1. The fraction of sp³-hybridized carbons (Fsp3) is 0.260. The zero-order valence-electron chi connectivity index (χ0n) is 36.6. The topological polar surface area (TPSA) is 187 Å². The molecule has 0 aliphatic rings. The summed E-state index contributed by atoms with van der Waals surface area (Å²) in [6.07, 6.45) is 10.1. The van der Waals surface area contributed by atoms with Crippen LogP contribution in [0.5, 0.6) is 28.7 Å². The Kier molecular flexibility index (Phi) is 19.7. The first-order chi connectivity index (χ1) is 32.0. The van der Waals surface area contributed by atoms with Gasteiger partial charge in [-0.15, -0.1) is 0 Å². The van der Waals surface area contributed by atoms with E-state index in [0.717, 1.165) is 73.7 Å². The number of aromatic nitrogens is 1. The summed E-state index contributed by atoms with van der Waals surface area (Å²) in [6, 6.07) is 23.0. The number of nitrogens with one attached hydrogen (secondary N) is 1. The van der Waals surface area contributed by atoms with Gasteiger partial charge in [-0.25, -0.2) is 29.0 Å². The molecule has 0 spiro atoms. The van der Waals surface area contributed by atoms with Gasteiger partial charge in [0.2, 0.25) is 5.13 Å². The van der Waals surface area contributed by atoms with Gasteiger partial charge in [-0.1, -0.05) is 43.2 Å². The Morgan fingerprint density at radius 3 is 1.65 bits per heavy atom. The number of carbonyl (C=O) groups is 5. The van der Waals surface area contributed by atoms with Crippen molar-refractivity contribution in [2.45, 2.75) is 58.3 Å². The minimum atomic E-state index is -0.841. The van der Waals surface area contributed by atoms with Crippen LogP contribution in [0.25, 0.3) is 10.2 Å². The van der Waals surface area contributed by atoms with Crippen molar-refractivity contribution in [3.8, 4) is 28.7 Å². The quantitative estimate of drug-likeness (QED) is 0.0131. The van der Waals surface area contributed by atoms with Gasteiger partial charge >= 0.3 is 29.8 Å². The van der Waals surface area contributed by atoms with E-state index in [1.54, 1.807) is 36.4 Å². The number of carbonyl (C=O) groups excluding carboxylic acids is 5. The first-order valence-corrected chi connectivity index (χ1v) is 22.0. The molecular formula is C50H51N3O12S. The number of rotatable bonds is 27. The SMILES string of the molecule is C=CC(=O)OCCCCCCOc1ccc(C(=O)Oc2ccc(OC(=O)c3ccc(OCCCCCCOC(=O)C=C)cc3)c(OC(=O)C(=C)C)c2/C=N/Nc2nc3ccccc3s2)cc1. The van der Waals surface area contributed by atoms with Crippen molar-refractivity contribution in [2.24, 2.45) is 5.10 Å². The molecule has 0 amide bonds. The van der Waals surface area contributed by atoms with E-state index >= 15 is 0 Å². The van der Waals surface area contributed by atoms with Crippen LogP contribution in [0, 0.1) is 0 Å². The summed E-state index contributed by atoms with van der Waals surface area (Å²) >= 11 is 1.36. The van der Waals surface area contributed by atoms with Crippen LogP contribution >= 0.6 is 11.3 Å². The lowest BCUT2D eigenvalue weighted by Gasteiger charge is -2.16. The molecule has 1 N–H and O–H groups in total. The third kappa shape index (κ3) is 15.9. The molecule has 1 heterocycles. The van der Waals surface area contributed by atoms with E-state index in [9.17, 15) is 24.0 Å². The fourth-order valence-electron chi connectivity index (χ4n) is 5.86. The predicted molar refractivity (Wildman–Crippen MR) is 251 cm³/mol. The monoisotopic (exact) mass is 917 g/mol. The van der Waals surface area contributed by atoms with Crippen molar-refractivity contribution in [1.29, 1.82) is 0 Å². The number of hydrogen-bond donors (Lipinski definition) is 1. The molecule has 0 radical (unpaired) electrons. The van der Waals surface area contributed by atoms with Gasteiger partial charge in [-0.2, -0.15) is 5.10 Å². The molecule has 15 nitrogen and oxygen atoms in total.